The molecule has 3 fully saturated rings. The predicted molar refractivity (Wildman–Crippen MR) is 109 cm³/mol. The van der Waals surface area contributed by atoms with E-state index < -0.39 is 0 Å². The SMILES string of the molecule is Cn1ccnc(N2CCC[C@H](NC3CCN(C4CCCCC4)CC3)C2)c1=O. The number of piperidine rings is 2. The van der Waals surface area contributed by atoms with E-state index in [9.17, 15) is 4.79 Å². The van der Waals surface area contributed by atoms with E-state index in [0.717, 1.165) is 25.6 Å². The minimum atomic E-state index is 0.0129. The number of aromatic nitrogens is 2. The molecule has 0 aromatic carbocycles. The maximum Gasteiger partial charge on any atom is 0.293 e. The highest BCUT2D eigenvalue weighted by atomic mass is 16.1. The highest BCUT2D eigenvalue weighted by Gasteiger charge is 2.29. The molecule has 2 aliphatic heterocycles. The van der Waals surface area contributed by atoms with Crippen molar-refractivity contribution in [2.24, 2.45) is 7.05 Å². The summed E-state index contributed by atoms with van der Waals surface area (Å²) in [4.78, 5) is 21.7. The van der Waals surface area contributed by atoms with Crippen LogP contribution in [0.4, 0.5) is 5.82 Å². The average molecular weight is 374 g/mol. The molecule has 1 aliphatic carbocycles. The molecule has 150 valence electrons. The quantitative estimate of drug-likeness (QED) is 0.876. The third-order valence-electron chi connectivity index (χ3n) is 6.81. The van der Waals surface area contributed by atoms with Crippen LogP contribution >= 0.6 is 0 Å². The number of anilines is 1. The van der Waals surface area contributed by atoms with Crippen molar-refractivity contribution < 1.29 is 0 Å². The lowest BCUT2D eigenvalue weighted by atomic mass is 9.91. The van der Waals surface area contributed by atoms with Crippen molar-refractivity contribution in [1.82, 2.24) is 19.8 Å². The Labute approximate surface area is 162 Å². The molecule has 2 saturated heterocycles. The van der Waals surface area contributed by atoms with Gasteiger partial charge in [-0.3, -0.25) is 4.79 Å². The van der Waals surface area contributed by atoms with Crippen molar-refractivity contribution in [1.29, 1.82) is 0 Å². The van der Waals surface area contributed by atoms with Crippen LogP contribution < -0.4 is 15.8 Å². The number of nitrogens with zero attached hydrogens (tertiary/aromatic N) is 4. The minimum Gasteiger partial charge on any atom is -0.350 e. The Hall–Kier alpha value is -1.40. The summed E-state index contributed by atoms with van der Waals surface area (Å²) in [7, 11) is 1.80. The Morgan fingerprint density at radius 3 is 2.52 bits per heavy atom. The summed E-state index contributed by atoms with van der Waals surface area (Å²) >= 11 is 0. The van der Waals surface area contributed by atoms with Crippen molar-refractivity contribution in [3.63, 3.8) is 0 Å². The van der Waals surface area contributed by atoms with Gasteiger partial charge < -0.3 is 19.7 Å². The molecular formula is C21H35N5O. The minimum absolute atomic E-state index is 0.0129. The zero-order chi connectivity index (χ0) is 18.6. The summed E-state index contributed by atoms with van der Waals surface area (Å²) in [5, 5.41) is 3.91. The van der Waals surface area contributed by atoms with Gasteiger partial charge in [0, 0.05) is 50.7 Å². The van der Waals surface area contributed by atoms with E-state index in [1.54, 1.807) is 24.0 Å². The molecule has 3 aliphatic rings. The molecule has 0 spiro atoms. The fourth-order valence-corrected chi connectivity index (χ4v) is 5.22. The Morgan fingerprint density at radius 1 is 0.963 bits per heavy atom. The van der Waals surface area contributed by atoms with Crippen LogP contribution in [0.3, 0.4) is 0 Å². The maximum atomic E-state index is 12.4. The molecule has 0 unspecified atom stereocenters. The standard InChI is InChI=1S/C21H35N5O/c1-24-15-11-22-20(21(24)27)26-12-5-6-18(16-26)23-17-9-13-25(14-10-17)19-7-3-2-4-8-19/h11,15,17-19,23H,2-10,12-14,16H2,1H3/t18-/m0/s1. The van der Waals surface area contributed by atoms with Gasteiger partial charge in [0.15, 0.2) is 5.82 Å². The van der Waals surface area contributed by atoms with Gasteiger partial charge in [-0.1, -0.05) is 19.3 Å². The second kappa shape index (κ2) is 8.74. The van der Waals surface area contributed by atoms with Crippen molar-refractivity contribution in [2.75, 3.05) is 31.1 Å². The molecule has 6 nitrogen and oxygen atoms in total. The van der Waals surface area contributed by atoms with Gasteiger partial charge in [-0.05, 0) is 51.6 Å². The molecular weight excluding hydrogens is 338 g/mol. The van der Waals surface area contributed by atoms with Crippen LogP contribution in [-0.2, 0) is 7.05 Å². The molecule has 3 heterocycles. The van der Waals surface area contributed by atoms with Crippen molar-refractivity contribution in [3.8, 4) is 0 Å². The lowest BCUT2D eigenvalue weighted by molar-refractivity contribution is 0.112. The molecule has 1 aromatic heterocycles. The molecule has 1 aromatic rings. The summed E-state index contributed by atoms with van der Waals surface area (Å²) in [6.45, 7) is 4.33. The van der Waals surface area contributed by atoms with Crippen LogP contribution in [0.2, 0.25) is 0 Å². The van der Waals surface area contributed by atoms with E-state index in [2.05, 4.69) is 20.1 Å². The zero-order valence-electron chi connectivity index (χ0n) is 16.8. The lowest BCUT2D eigenvalue weighted by Gasteiger charge is -2.41. The number of likely N-dealkylation sites (tertiary alicyclic amines) is 1. The first-order valence-electron chi connectivity index (χ1n) is 11.0. The van der Waals surface area contributed by atoms with Crippen LogP contribution in [0.15, 0.2) is 17.2 Å². The summed E-state index contributed by atoms with van der Waals surface area (Å²) in [5.74, 6) is 0.610. The highest BCUT2D eigenvalue weighted by Crippen LogP contribution is 2.26. The molecule has 1 N–H and O–H groups in total. The molecule has 1 atom stereocenters. The Balaban J connectivity index is 1.28. The van der Waals surface area contributed by atoms with Crippen molar-refractivity contribution in [3.05, 3.63) is 22.7 Å². The molecule has 4 rings (SSSR count). The van der Waals surface area contributed by atoms with E-state index >= 15 is 0 Å². The molecule has 1 saturated carbocycles. The van der Waals surface area contributed by atoms with Crippen molar-refractivity contribution in [2.45, 2.75) is 75.9 Å². The molecule has 0 bridgehead atoms. The summed E-state index contributed by atoms with van der Waals surface area (Å²) < 4.78 is 1.63. The zero-order valence-corrected chi connectivity index (χ0v) is 16.8. The van der Waals surface area contributed by atoms with Gasteiger partial charge >= 0.3 is 0 Å². The van der Waals surface area contributed by atoms with Crippen molar-refractivity contribution >= 4 is 5.82 Å². The van der Waals surface area contributed by atoms with Gasteiger partial charge in [0.2, 0.25) is 0 Å². The fourth-order valence-electron chi connectivity index (χ4n) is 5.22. The maximum absolute atomic E-state index is 12.4. The third kappa shape index (κ3) is 4.54. The highest BCUT2D eigenvalue weighted by molar-refractivity contribution is 5.36. The Kier molecular flexibility index (Phi) is 6.13. The Morgan fingerprint density at radius 2 is 1.74 bits per heavy atom. The van der Waals surface area contributed by atoms with Gasteiger partial charge in [-0.25, -0.2) is 4.98 Å². The van der Waals surface area contributed by atoms with Gasteiger partial charge in [-0.15, -0.1) is 0 Å². The average Bonchev–Trinajstić information content (AvgIpc) is 2.71. The van der Waals surface area contributed by atoms with Crippen LogP contribution in [0.5, 0.6) is 0 Å². The fraction of sp³-hybridized carbons (Fsp3) is 0.810. The van der Waals surface area contributed by atoms with Crippen LogP contribution in [0.1, 0.15) is 57.8 Å². The summed E-state index contributed by atoms with van der Waals surface area (Å²) in [5.41, 5.74) is 0.0129. The van der Waals surface area contributed by atoms with Gasteiger partial charge in [0.05, 0.1) is 0 Å². The van der Waals surface area contributed by atoms with E-state index in [4.69, 9.17) is 0 Å². The van der Waals surface area contributed by atoms with Crippen LogP contribution in [0.25, 0.3) is 0 Å². The predicted octanol–water partition coefficient (Wildman–Crippen LogP) is 2.14. The van der Waals surface area contributed by atoms with E-state index in [1.807, 2.05) is 0 Å². The van der Waals surface area contributed by atoms with Crippen LogP contribution in [0, 0.1) is 0 Å². The number of rotatable bonds is 4. The number of hydrogen-bond acceptors (Lipinski definition) is 5. The summed E-state index contributed by atoms with van der Waals surface area (Å²) in [6.07, 6.45) is 15.4. The van der Waals surface area contributed by atoms with E-state index in [0.29, 0.717) is 17.9 Å². The van der Waals surface area contributed by atoms with E-state index in [-0.39, 0.29) is 5.56 Å². The second-order valence-electron chi connectivity index (χ2n) is 8.72. The van der Waals surface area contributed by atoms with Gasteiger partial charge in [-0.2, -0.15) is 0 Å². The van der Waals surface area contributed by atoms with Gasteiger partial charge in [0.1, 0.15) is 0 Å². The number of hydrogen-bond donors (Lipinski definition) is 1. The lowest BCUT2D eigenvalue weighted by Crippen LogP contribution is -2.54. The first-order valence-corrected chi connectivity index (χ1v) is 11.0. The summed E-state index contributed by atoms with van der Waals surface area (Å²) in [6, 6.07) is 1.95. The largest absolute Gasteiger partial charge is 0.350 e. The molecule has 6 heteroatoms. The third-order valence-corrected chi connectivity index (χ3v) is 6.81. The first-order chi connectivity index (χ1) is 13.2. The second-order valence-corrected chi connectivity index (χ2v) is 8.72. The number of aryl methyl sites for hydroxylation is 1. The smallest absolute Gasteiger partial charge is 0.293 e. The first kappa shape index (κ1) is 18.9. The van der Waals surface area contributed by atoms with E-state index in [1.165, 1.54) is 64.5 Å². The molecule has 27 heavy (non-hydrogen) atoms. The topological polar surface area (TPSA) is 53.4 Å². The van der Waals surface area contributed by atoms with Gasteiger partial charge in [0.25, 0.3) is 5.56 Å². The number of nitrogens with one attached hydrogen (secondary N) is 1. The molecule has 0 amide bonds. The monoisotopic (exact) mass is 373 g/mol. The van der Waals surface area contributed by atoms with Crippen LogP contribution in [-0.4, -0.2) is 58.8 Å². The Bertz CT molecular complexity index is 661. The molecule has 0 radical (unpaired) electrons. The normalized spacial score (nSPS) is 26.4.